The monoisotopic (exact) mass is 312 g/mol. The third kappa shape index (κ3) is 3.20. The van der Waals surface area contributed by atoms with Crippen LogP contribution in [0.5, 0.6) is 0 Å². The Kier molecular flexibility index (Phi) is 5.54. The highest BCUT2D eigenvalue weighted by molar-refractivity contribution is 7.99. The Morgan fingerprint density at radius 3 is 2.90 bits per heavy atom. The van der Waals surface area contributed by atoms with Crippen LogP contribution in [0.4, 0.5) is 4.39 Å². The van der Waals surface area contributed by atoms with Gasteiger partial charge in [0.15, 0.2) is 0 Å². The zero-order valence-corrected chi connectivity index (χ0v) is 13.1. The molecule has 1 heterocycles. The molecule has 0 spiro atoms. The van der Waals surface area contributed by atoms with Gasteiger partial charge in [0.1, 0.15) is 10.8 Å². The van der Waals surface area contributed by atoms with E-state index >= 15 is 0 Å². The van der Waals surface area contributed by atoms with E-state index in [2.05, 4.69) is 4.98 Å². The summed E-state index contributed by atoms with van der Waals surface area (Å²) in [6.07, 6.45) is 0. The fourth-order valence-corrected chi connectivity index (χ4v) is 3.78. The Balaban J connectivity index is 2.50. The molecule has 2 N–H and O–H groups in total. The number of hydrogen-bond donors (Lipinski definition) is 1. The molecule has 0 aliphatic carbocycles. The van der Waals surface area contributed by atoms with E-state index in [0.29, 0.717) is 23.7 Å². The van der Waals surface area contributed by atoms with Crippen molar-refractivity contribution in [3.8, 4) is 10.6 Å². The lowest BCUT2D eigenvalue weighted by Gasteiger charge is -2.06. The van der Waals surface area contributed by atoms with E-state index in [1.165, 1.54) is 17.4 Å². The highest BCUT2D eigenvalue weighted by Gasteiger charge is 2.17. The molecule has 0 unspecified atom stereocenters. The van der Waals surface area contributed by atoms with Crippen molar-refractivity contribution in [3.05, 3.63) is 34.6 Å². The van der Waals surface area contributed by atoms with E-state index in [1.54, 1.807) is 24.9 Å². The molecule has 0 saturated heterocycles. The lowest BCUT2D eigenvalue weighted by atomic mass is 10.2. The molecule has 0 atom stereocenters. The van der Waals surface area contributed by atoms with Crippen LogP contribution in [0.15, 0.2) is 23.1 Å². The number of benzene rings is 1. The van der Waals surface area contributed by atoms with Gasteiger partial charge in [0, 0.05) is 23.4 Å². The van der Waals surface area contributed by atoms with E-state index in [0.717, 1.165) is 21.2 Å². The summed E-state index contributed by atoms with van der Waals surface area (Å²) in [5, 5.41) is 0.673. The van der Waals surface area contributed by atoms with Crippen LogP contribution in [-0.4, -0.2) is 17.8 Å². The average molecular weight is 312 g/mol. The fourth-order valence-electron chi connectivity index (χ4n) is 1.89. The second kappa shape index (κ2) is 7.17. The zero-order chi connectivity index (χ0) is 14.5. The topological polar surface area (TPSA) is 48.1 Å². The molecular formula is C14H17FN2OS2. The SMILES string of the molecule is CCSc1cccc(F)c1-c1nc(COC)c(CN)s1. The van der Waals surface area contributed by atoms with Crippen molar-refractivity contribution in [1.82, 2.24) is 4.98 Å². The largest absolute Gasteiger partial charge is 0.378 e. The Morgan fingerprint density at radius 2 is 2.25 bits per heavy atom. The second-order valence-corrected chi connectivity index (χ2v) is 6.46. The summed E-state index contributed by atoms with van der Waals surface area (Å²) in [6, 6.07) is 5.12. The minimum absolute atomic E-state index is 0.246. The van der Waals surface area contributed by atoms with Crippen LogP contribution in [0, 0.1) is 5.82 Å². The molecule has 0 radical (unpaired) electrons. The van der Waals surface area contributed by atoms with Crippen molar-refractivity contribution in [2.45, 2.75) is 25.0 Å². The van der Waals surface area contributed by atoms with Crippen LogP contribution in [-0.2, 0) is 17.9 Å². The first-order chi connectivity index (χ1) is 9.71. The number of halogens is 1. The van der Waals surface area contributed by atoms with E-state index in [9.17, 15) is 4.39 Å². The Hall–Kier alpha value is -0.950. The molecule has 108 valence electrons. The first-order valence-corrected chi connectivity index (χ1v) is 8.10. The van der Waals surface area contributed by atoms with Gasteiger partial charge in [-0.05, 0) is 17.9 Å². The minimum atomic E-state index is -0.246. The van der Waals surface area contributed by atoms with Gasteiger partial charge in [-0.2, -0.15) is 0 Å². The molecule has 1 aromatic carbocycles. The van der Waals surface area contributed by atoms with E-state index in [4.69, 9.17) is 10.5 Å². The van der Waals surface area contributed by atoms with Gasteiger partial charge in [-0.25, -0.2) is 9.37 Å². The standard InChI is InChI=1S/C14H17FN2OS2/c1-3-19-11-6-4-5-9(15)13(11)14-17-10(8-18-2)12(7-16)20-14/h4-6H,3,7-8,16H2,1-2H3. The number of hydrogen-bond acceptors (Lipinski definition) is 5. The van der Waals surface area contributed by atoms with Crippen molar-refractivity contribution in [2.75, 3.05) is 12.9 Å². The van der Waals surface area contributed by atoms with Crippen molar-refractivity contribution in [3.63, 3.8) is 0 Å². The van der Waals surface area contributed by atoms with Crippen molar-refractivity contribution in [1.29, 1.82) is 0 Å². The summed E-state index contributed by atoms with van der Waals surface area (Å²) in [6.45, 7) is 2.83. The Morgan fingerprint density at radius 1 is 1.45 bits per heavy atom. The zero-order valence-electron chi connectivity index (χ0n) is 11.5. The predicted octanol–water partition coefficient (Wildman–Crippen LogP) is 3.67. The molecule has 0 fully saturated rings. The quantitative estimate of drug-likeness (QED) is 0.827. The average Bonchev–Trinajstić information content (AvgIpc) is 2.82. The number of rotatable bonds is 6. The van der Waals surface area contributed by atoms with Crippen LogP contribution < -0.4 is 5.73 Å². The molecule has 3 nitrogen and oxygen atoms in total. The van der Waals surface area contributed by atoms with Crippen molar-refractivity contribution in [2.24, 2.45) is 5.73 Å². The highest BCUT2D eigenvalue weighted by Crippen LogP contribution is 2.37. The van der Waals surface area contributed by atoms with Gasteiger partial charge in [-0.1, -0.05) is 13.0 Å². The van der Waals surface area contributed by atoms with Crippen molar-refractivity contribution >= 4 is 23.1 Å². The van der Waals surface area contributed by atoms with Crippen LogP contribution >= 0.6 is 23.1 Å². The van der Waals surface area contributed by atoms with Gasteiger partial charge in [0.2, 0.25) is 0 Å². The van der Waals surface area contributed by atoms with Gasteiger partial charge < -0.3 is 10.5 Å². The number of aromatic nitrogens is 1. The summed E-state index contributed by atoms with van der Waals surface area (Å²) in [5.74, 6) is 0.640. The summed E-state index contributed by atoms with van der Waals surface area (Å²) in [7, 11) is 1.61. The third-order valence-corrected chi connectivity index (χ3v) is 4.81. The van der Waals surface area contributed by atoms with Gasteiger partial charge in [-0.15, -0.1) is 23.1 Å². The van der Waals surface area contributed by atoms with Gasteiger partial charge in [0.25, 0.3) is 0 Å². The Bertz CT molecular complexity index is 587. The second-order valence-electron chi connectivity index (χ2n) is 4.07. The fraction of sp³-hybridized carbons (Fsp3) is 0.357. The summed E-state index contributed by atoms with van der Waals surface area (Å²) in [5.41, 5.74) is 7.09. The minimum Gasteiger partial charge on any atom is -0.378 e. The lowest BCUT2D eigenvalue weighted by molar-refractivity contribution is 0.181. The van der Waals surface area contributed by atoms with E-state index in [-0.39, 0.29) is 5.82 Å². The maximum Gasteiger partial charge on any atom is 0.134 e. The lowest BCUT2D eigenvalue weighted by Crippen LogP contribution is -1.99. The van der Waals surface area contributed by atoms with Crippen molar-refractivity contribution < 1.29 is 9.13 Å². The summed E-state index contributed by atoms with van der Waals surface area (Å²) < 4.78 is 19.3. The smallest absolute Gasteiger partial charge is 0.134 e. The van der Waals surface area contributed by atoms with Crippen LogP contribution in [0.25, 0.3) is 10.6 Å². The normalized spacial score (nSPS) is 11.0. The van der Waals surface area contributed by atoms with Crippen LogP contribution in [0.1, 0.15) is 17.5 Å². The molecule has 0 saturated carbocycles. The molecule has 2 rings (SSSR count). The number of thiazole rings is 1. The molecule has 20 heavy (non-hydrogen) atoms. The summed E-state index contributed by atoms with van der Waals surface area (Å²) in [4.78, 5) is 6.36. The molecular weight excluding hydrogens is 295 g/mol. The van der Waals surface area contributed by atoms with Crippen LogP contribution in [0.3, 0.4) is 0 Å². The van der Waals surface area contributed by atoms with Gasteiger partial charge in [0.05, 0.1) is 17.9 Å². The molecule has 6 heteroatoms. The first kappa shape index (κ1) is 15.4. The predicted molar refractivity (Wildman–Crippen MR) is 82.5 cm³/mol. The summed E-state index contributed by atoms with van der Waals surface area (Å²) >= 11 is 3.05. The maximum atomic E-state index is 14.2. The molecule has 0 bridgehead atoms. The van der Waals surface area contributed by atoms with Gasteiger partial charge in [-0.3, -0.25) is 0 Å². The highest BCUT2D eigenvalue weighted by atomic mass is 32.2. The Labute approximate surface area is 126 Å². The molecule has 0 aliphatic rings. The molecule has 0 amide bonds. The number of thioether (sulfide) groups is 1. The number of nitrogens with zero attached hydrogens (tertiary/aromatic N) is 1. The molecule has 2 aromatic rings. The van der Waals surface area contributed by atoms with Crippen LogP contribution in [0.2, 0.25) is 0 Å². The maximum absolute atomic E-state index is 14.2. The van der Waals surface area contributed by atoms with Gasteiger partial charge >= 0.3 is 0 Å². The molecule has 1 aromatic heterocycles. The van der Waals surface area contributed by atoms with E-state index in [1.807, 2.05) is 13.0 Å². The molecule has 0 aliphatic heterocycles. The number of ether oxygens (including phenoxy) is 1. The first-order valence-electron chi connectivity index (χ1n) is 6.30. The number of methoxy groups -OCH3 is 1. The number of nitrogens with two attached hydrogens (primary N) is 1. The van der Waals surface area contributed by atoms with E-state index < -0.39 is 0 Å². The third-order valence-electron chi connectivity index (χ3n) is 2.73.